The number of carbonyl (C=O) groups excluding carboxylic acids is 1. The molecule has 7 heteroatoms. The summed E-state index contributed by atoms with van der Waals surface area (Å²) in [6, 6.07) is 12.7. The number of benzene rings is 2. The Bertz CT molecular complexity index is 986. The fourth-order valence-electron chi connectivity index (χ4n) is 3.13. The van der Waals surface area contributed by atoms with Gasteiger partial charge in [0.05, 0.1) is 10.2 Å². The molecule has 0 bridgehead atoms. The molecule has 0 spiro atoms. The summed E-state index contributed by atoms with van der Waals surface area (Å²) >= 11 is 3.35. The third-order valence-electron chi connectivity index (χ3n) is 4.72. The first-order valence-corrected chi connectivity index (χ1v) is 11.7. The van der Waals surface area contributed by atoms with E-state index >= 15 is 0 Å². The van der Waals surface area contributed by atoms with Gasteiger partial charge >= 0.3 is 0 Å². The topological polar surface area (TPSA) is 36.4 Å². The van der Waals surface area contributed by atoms with Crippen molar-refractivity contribution in [2.24, 2.45) is 0 Å². The maximum atomic E-state index is 13.1. The van der Waals surface area contributed by atoms with E-state index < -0.39 is 0 Å². The maximum Gasteiger partial charge on any atom is 0.229 e. The minimum Gasteiger partial charge on any atom is -0.308 e. The van der Waals surface area contributed by atoms with Gasteiger partial charge in [0.1, 0.15) is 0 Å². The number of nitrogens with zero attached hydrogens (tertiary/aromatic N) is 3. The number of likely N-dealkylation sites (N-methyl/N-ethyl adjacent to an activating group) is 1. The zero-order valence-electron chi connectivity index (χ0n) is 18.3. The summed E-state index contributed by atoms with van der Waals surface area (Å²) in [4.78, 5) is 23.1. The normalized spacial score (nSPS) is 11.0. The second-order valence-electron chi connectivity index (χ2n) is 7.69. The highest BCUT2D eigenvalue weighted by Gasteiger charge is 2.20. The lowest BCUT2D eigenvalue weighted by atomic mass is 10.1. The van der Waals surface area contributed by atoms with Crippen molar-refractivity contribution < 1.29 is 4.79 Å². The third-order valence-corrected chi connectivity index (χ3v) is 6.96. The molecule has 0 N–H and O–H groups in total. The van der Waals surface area contributed by atoms with Crippen molar-refractivity contribution >= 4 is 56.8 Å². The number of carbonyl (C=O) groups is 1. The van der Waals surface area contributed by atoms with Crippen LogP contribution in [0.4, 0.5) is 5.13 Å². The summed E-state index contributed by atoms with van der Waals surface area (Å²) in [6.07, 6.45) is 0.500. The highest BCUT2D eigenvalue weighted by Crippen LogP contribution is 2.32. The van der Waals surface area contributed by atoms with Gasteiger partial charge in [-0.3, -0.25) is 9.69 Å². The molecule has 1 heterocycles. The molecule has 0 saturated heterocycles. The number of hydrogen-bond acceptors (Lipinski definition) is 5. The molecule has 3 rings (SSSR count). The van der Waals surface area contributed by atoms with Crippen molar-refractivity contribution in [3.05, 3.63) is 53.1 Å². The van der Waals surface area contributed by atoms with E-state index in [1.807, 2.05) is 19.0 Å². The van der Waals surface area contributed by atoms with Crippen molar-refractivity contribution in [2.45, 2.75) is 32.1 Å². The fraction of sp³-hybridized carbons (Fsp3) is 0.391. The van der Waals surface area contributed by atoms with Crippen molar-refractivity contribution in [3.8, 4) is 0 Å². The van der Waals surface area contributed by atoms with E-state index in [0.717, 1.165) is 22.9 Å². The number of fused-ring (bicyclic) bond motifs is 1. The Labute approximate surface area is 194 Å². The molecule has 1 aromatic heterocycles. The zero-order chi connectivity index (χ0) is 21.0. The van der Waals surface area contributed by atoms with Gasteiger partial charge in [-0.2, -0.15) is 0 Å². The van der Waals surface area contributed by atoms with Crippen LogP contribution in [0.1, 0.15) is 23.1 Å². The van der Waals surface area contributed by atoms with Crippen LogP contribution >= 0.6 is 35.5 Å². The molecule has 162 valence electrons. The maximum absolute atomic E-state index is 13.1. The summed E-state index contributed by atoms with van der Waals surface area (Å²) in [7, 11) is 4.06. The quantitative estimate of drug-likeness (QED) is 0.400. The minimum atomic E-state index is 0. The SMILES string of the molecule is Cc1ccc(SCCC(=O)N(CCN(C)C)c2nc3cc(C)cc(C)c3s2)cc1.Cl. The molecule has 0 fully saturated rings. The Morgan fingerprint density at radius 1 is 1.03 bits per heavy atom. The number of hydrogen-bond donors (Lipinski definition) is 0. The smallest absolute Gasteiger partial charge is 0.229 e. The first kappa shape index (κ1) is 24.7. The van der Waals surface area contributed by atoms with Crippen LogP contribution in [-0.2, 0) is 4.79 Å². The van der Waals surface area contributed by atoms with E-state index in [1.54, 1.807) is 23.1 Å². The number of rotatable bonds is 8. The number of thiazole rings is 1. The van der Waals surface area contributed by atoms with Crippen LogP contribution in [0.15, 0.2) is 41.3 Å². The van der Waals surface area contributed by atoms with E-state index in [1.165, 1.54) is 26.3 Å². The Morgan fingerprint density at radius 3 is 2.40 bits per heavy atom. The molecule has 0 aliphatic heterocycles. The first-order valence-electron chi connectivity index (χ1n) is 9.86. The molecule has 0 unspecified atom stereocenters. The number of amides is 1. The van der Waals surface area contributed by atoms with E-state index in [0.29, 0.717) is 13.0 Å². The largest absolute Gasteiger partial charge is 0.308 e. The van der Waals surface area contributed by atoms with Gasteiger partial charge in [-0.15, -0.1) is 24.2 Å². The van der Waals surface area contributed by atoms with Crippen LogP contribution in [-0.4, -0.2) is 48.7 Å². The average molecular weight is 464 g/mol. The Balaban J connectivity index is 0.00000320. The Hall–Kier alpha value is -1.60. The molecule has 3 aromatic rings. The van der Waals surface area contributed by atoms with Crippen LogP contribution in [0.25, 0.3) is 10.2 Å². The molecular weight excluding hydrogens is 434 g/mol. The van der Waals surface area contributed by atoms with Gasteiger partial charge in [0.2, 0.25) is 5.91 Å². The van der Waals surface area contributed by atoms with Crippen molar-refractivity contribution in [1.82, 2.24) is 9.88 Å². The highest BCUT2D eigenvalue weighted by atomic mass is 35.5. The van der Waals surface area contributed by atoms with Gasteiger partial charge in [0, 0.05) is 30.2 Å². The summed E-state index contributed by atoms with van der Waals surface area (Å²) in [6.45, 7) is 7.75. The molecule has 30 heavy (non-hydrogen) atoms. The second kappa shape index (κ2) is 11.1. The lowest BCUT2D eigenvalue weighted by Crippen LogP contribution is -2.36. The number of anilines is 1. The van der Waals surface area contributed by atoms with Gasteiger partial charge in [0.15, 0.2) is 5.13 Å². The van der Waals surface area contributed by atoms with Gasteiger partial charge < -0.3 is 4.90 Å². The number of halogens is 1. The number of aryl methyl sites for hydroxylation is 3. The molecule has 2 aromatic carbocycles. The van der Waals surface area contributed by atoms with E-state index in [9.17, 15) is 4.79 Å². The number of aromatic nitrogens is 1. The predicted molar refractivity (Wildman–Crippen MR) is 134 cm³/mol. The predicted octanol–water partition coefficient (Wildman–Crippen LogP) is 5.72. The van der Waals surface area contributed by atoms with Crippen molar-refractivity contribution in [3.63, 3.8) is 0 Å². The van der Waals surface area contributed by atoms with Crippen molar-refractivity contribution in [2.75, 3.05) is 37.8 Å². The van der Waals surface area contributed by atoms with Crippen LogP contribution < -0.4 is 4.90 Å². The molecule has 0 aliphatic carbocycles. The lowest BCUT2D eigenvalue weighted by Gasteiger charge is -2.22. The summed E-state index contributed by atoms with van der Waals surface area (Å²) in [5.74, 6) is 0.906. The van der Waals surface area contributed by atoms with E-state index in [-0.39, 0.29) is 18.3 Å². The van der Waals surface area contributed by atoms with Crippen LogP contribution in [0.2, 0.25) is 0 Å². The fourth-order valence-corrected chi connectivity index (χ4v) is 5.03. The molecule has 0 saturated carbocycles. The monoisotopic (exact) mass is 463 g/mol. The minimum absolute atomic E-state index is 0. The molecule has 0 aliphatic rings. The molecule has 0 atom stereocenters. The Kier molecular flexibility index (Phi) is 9.16. The van der Waals surface area contributed by atoms with Crippen LogP contribution in [0.5, 0.6) is 0 Å². The molecule has 0 radical (unpaired) electrons. The third kappa shape index (κ3) is 6.45. The Morgan fingerprint density at radius 2 is 1.73 bits per heavy atom. The van der Waals surface area contributed by atoms with Crippen LogP contribution in [0.3, 0.4) is 0 Å². The average Bonchev–Trinajstić information content (AvgIpc) is 3.07. The second-order valence-corrected chi connectivity index (χ2v) is 9.83. The zero-order valence-corrected chi connectivity index (χ0v) is 20.7. The van der Waals surface area contributed by atoms with Gasteiger partial charge in [-0.05, 0) is 64.2 Å². The van der Waals surface area contributed by atoms with E-state index in [4.69, 9.17) is 4.98 Å². The lowest BCUT2D eigenvalue weighted by molar-refractivity contribution is -0.118. The van der Waals surface area contributed by atoms with Gasteiger partial charge in [-0.25, -0.2) is 4.98 Å². The molecular formula is C23H30ClN3OS2. The van der Waals surface area contributed by atoms with Gasteiger partial charge in [0.25, 0.3) is 0 Å². The highest BCUT2D eigenvalue weighted by molar-refractivity contribution is 7.99. The summed E-state index contributed by atoms with van der Waals surface area (Å²) < 4.78 is 1.17. The van der Waals surface area contributed by atoms with Gasteiger partial charge in [-0.1, -0.05) is 35.1 Å². The molecule has 4 nitrogen and oxygen atoms in total. The molecule has 1 amide bonds. The standard InChI is InChI=1S/C23H29N3OS2.ClH/c1-16-6-8-19(9-7-16)28-13-10-21(27)26(12-11-25(4)5)23-24-20-15-17(2)14-18(3)22(20)29-23;/h6-9,14-15H,10-13H2,1-5H3;1H. The summed E-state index contributed by atoms with van der Waals surface area (Å²) in [5.41, 5.74) is 4.66. The van der Waals surface area contributed by atoms with E-state index in [2.05, 4.69) is 62.1 Å². The first-order chi connectivity index (χ1) is 13.8. The van der Waals surface area contributed by atoms with Crippen molar-refractivity contribution in [1.29, 1.82) is 0 Å². The summed E-state index contributed by atoms with van der Waals surface area (Å²) in [5, 5.41) is 0.806. The number of thioether (sulfide) groups is 1. The van der Waals surface area contributed by atoms with Crippen LogP contribution in [0, 0.1) is 20.8 Å².